The molecule has 0 fully saturated rings. The van der Waals surface area contributed by atoms with E-state index in [1.165, 1.54) is 0 Å². The molecule has 82 valence electrons. The van der Waals surface area contributed by atoms with Crippen molar-refractivity contribution in [3.63, 3.8) is 0 Å². The molecule has 0 aliphatic rings. The molecule has 0 unspecified atom stereocenters. The Morgan fingerprint density at radius 1 is 1.13 bits per heavy atom. The monoisotopic (exact) mass is 210 g/mol. The van der Waals surface area contributed by atoms with E-state index in [2.05, 4.69) is 13.2 Å². The lowest BCUT2D eigenvalue weighted by molar-refractivity contribution is -0.138. The highest BCUT2D eigenvalue weighted by Crippen LogP contribution is 1.95. The molecule has 0 saturated carbocycles. The second kappa shape index (κ2) is 7.55. The van der Waals surface area contributed by atoms with E-state index in [0.717, 1.165) is 17.7 Å². The van der Waals surface area contributed by atoms with Crippen LogP contribution in [-0.4, -0.2) is 25.2 Å². The SMILES string of the molecule is C=CC(=O)OC/C=C(\C)COC(=O)C=C. The van der Waals surface area contributed by atoms with E-state index < -0.39 is 11.9 Å². The number of rotatable bonds is 6. The van der Waals surface area contributed by atoms with Gasteiger partial charge in [0.2, 0.25) is 0 Å². The number of esters is 2. The Bertz CT molecular complexity index is 289. The summed E-state index contributed by atoms with van der Waals surface area (Å²) in [7, 11) is 0. The maximum Gasteiger partial charge on any atom is 0.330 e. The first kappa shape index (κ1) is 13.2. The van der Waals surface area contributed by atoms with Crippen molar-refractivity contribution in [3.05, 3.63) is 37.0 Å². The van der Waals surface area contributed by atoms with Gasteiger partial charge in [-0.1, -0.05) is 13.2 Å². The molecule has 0 radical (unpaired) electrons. The first-order valence-corrected chi connectivity index (χ1v) is 4.34. The van der Waals surface area contributed by atoms with Crippen molar-refractivity contribution in [2.75, 3.05) is 13.2 Å². The Hall–Kier alpha value is -1.84. The lowest BCUT2D eigenvalue weighted by atomic mass is 10.3. The van der Waals surface area contributed by atoms with Gasteiger partial charge in [-0.3, -0.25) is 0 Å². The smallest absolute Gasteiger partial charge is 0.330 e. The molecule has 0 amide bonds. The van der Waals surface area contributed by atoms with Crippen molar-refractivity contribution >= 4 is 11.9 Å². The van der Waals surface area contributed by atoms with Crippen molar-refractivity contribution in [2.45, 2.75) is 6.92 Å². The van der Waals surface area contributed by atoms with Gasteiger partial charge in [-0.2, -0.15) is 0 Å². The van der Waals surface area contributed by atoms with Crippen LogP contribution in [0.15, 0.2) is 37.0 Å². The summed E-state index contributed by atoms with van der Waals surface area (Å²) < 4.78 is 9.45. The fourth-order valence-corrected chi connectivity index (χ4v) is 0.628. The summed E-state index contributed by atoms with van der Waals surface area (Å²) in [5.74, 6) is -0.965. The normalized spacial score (nSPS) is 10.3. The first-order valence-electron chi connectivity index (χ1n) is 4.34. The molecule has 4 heteroatoms. The molecule has 0 aliphatic carbocycles. The highest BCUT2D eigenvalue weighted by atomic mass is 16.5. The van der Waals surface area contributed by atoms with Gasteiger partial charge >= 0.3 is 11.9 Å². The number of ether oxygens (including phenoxy) is 2. The molecule has 0 aromatic carbocycles. The molecule has 15 heavy (non-hydrogen) atoms. The molecule has 4 nitrogen and oxygen atoms in total. The van der Waals surface area contributed by atoms with Crippen LogP contribution in [0.2, 0.25) is 0 Å². The average Bonchev–Trinajstić information content (AvgIpc) is 2.25. The number of carbonyl (C=O) groups is 2. The fraction of sp³-hybridized carbons (Fsp3) is 0.273. The van der Waals surface area contributed by atoms with E-state index in [-0.39, 0.29) is 13.2 Å². The average molecular weight is 210 g/mol. The molecule has 0 N–H and O–H groups in total. The minimum Gasteiger partial charge on any atom is -0.458 e. The zero-order chi connectivity index (χ0) is 11.7. The van der Waals surface area contributed by atoms with Crippen LogP contribution >= 0.6 is 0 Å². The van der Waals surface area contributed by atoms with Crippen LogP contribution in [0.1, 0.15) is 6.92 Å². The number of carbonyl (C=O) groups excluding carboxylic acids is 2. The van der Waals surface area contributed by atoms with Gasteiger partial charge in [-0.25, -0.2) is 9.59 Å². The van der Waals surface area contributed by atoms with E-state index in [1.807, 2.05) is 0 Å². The maximum atomic E-state index is 10.7. The Balaban J connectivity index is 3.79. The van der Waals surface area contributed by atoms with Crippen LogP contribution in [0.25, 0.3) is 0 Å². The molecule has 0 bridgehead atoms. The predicted octanol–water partition coefficient (Wildman–Crippen LogP) is 1.39. The maximum absolute atomic E-state index is 10.7. The standard InChI is InChI=1S/C11H14O4/c1-4-10(12)14-7-6-9(3)8-15-11(13)5-2/h4-6H,1-2,7-8H2,3H3/b9-6+. The van der Waals surface area contributed by atoms with Crippen molar-refractivity contribution in [1.82, 2.24) is 0 Å². The lowest BCUT2D eigenvalue weighted by Crippen LogP contribution is -2.04. The molecule has 0 aliphatic heterocycles. The van der Waals surface area contributed by atoms with Crippen LogP contribution < -0.4 is 0 Å². The lowest BCUT2D eigenvalue weighted by Gasteiger charge is -2.02. The summed E-state index contributed by atoms with van der Waals surface area (Å²) in [6.45, 7) is 8.58. The largest absolute Gasteiger partial charge is 0.458 e. The summed E-state index contributed by atoms with van der Waals surface area (Å²) in [4.78, 5) is 21.3. The first-order chi connectivity index (χ1) is 7.10. The van der Waals surface area contributed by atoms with E-state index in [1.54, 1.807) is 13.0 Å². The molecular formula is C11H14O4. The van der Waals surface area contributed by atoms with Crippen molar-refractivity contribution < 1.29 is 19.1 Å². The highest BCUT2D eigenvalue weighted by Gasteiger charge is 1.97. The van der Waals surface area contributed by atoms with E-state index in [0.29, 0.717) is 0 Å². The summed E-state index contributed by atoms with van der Waals surface area (Å²) in [6.07, 6.45) is 3.82. The molecule has 0 aromatic rings. The summed E-state index contributed by atoms with van der Waals surface area (Å²) in [6, 6.07) is 0. The molecule has 0 saturated heterocycles. The Morgan fingerprint density at radius 2 is 1.67 bits per heavy atom. The molecule has 0 heterocycles. The molecule has 0 aromatic heterocycles. The van der Waals surface area contributed by atoms with Crippen molar-refractivity contribution in [2.24, 2.45) is 0 Å². The van der Waals surface area contributed by atoms with Gasteiger partial charge in [-0.15, -0.1) is 0 Å². The summed E-state index contributed by atoms with van der Waals surface area (Å²) in [5.41, 5.74) is 0.794. The Labute approximate surface area is 88.9 Å². The summed E-state index contributed by atoms with van der Waals surface area (Å²) in [5, 5.41) is 0. The van der Waals surface area contributed by atoms with Gasteiger partial charge in [0.05, 0.1) is 0 Å². The fourth-order valence-electron chi connectivity index (χ4n) is 0.628. The van der Waals surface area contributed by atoms with Crippen molar-refractivity contribution in [1.29, 1.82) is 0 Å². The third-order valence-electron chi connectivity index (χ3n) is 1.43. The molecule has 0 atom stereocenters. The Morgan fingerprint density at radius 3 is 2.20 bits per heavy atom. The van der Waals surface area contributed by atoms with Gasteiger partial charge in [0.1, 0.15) is 13.2 Å². The Kier molecular flexibility index (Phi) is 6.63. The topological polar surface area (TPSA) is 52.6 Å². The molecular weight excluding hydrogens is 196 g/mol. The van der Waals surface area contributed by atoms with Gasteiger partial charge < -0.3 is 9.47 Å². The van der Waals surface area contributed by atoms with Crippen LogP contribution in [0.4, 0.5) is 0 Å². The van der Waals surface area contributed by atoms with Crippen LogP contribution in [0.5, 0.6) is 0 Å². The van der Waals surface area contributed by atoms with Crippen molar-refractivity contribution in [3.8, 4) is 0 Å². The number of hydrogen-bond acceptors (Lipinski definition) is 4. The van der Waals surface area contributed by atoms with Crippen LogP contribution in [-0.2, 0) is 19.1 Å². The van der Waals surface area contributed by atoms with Gasteiger partial charge in [0.25, 0.3) is 0 Å². The summed E-state index contributed by atoms with van der Waals surface area (Å²) >= 11 is 0. The third kappa shape index (κ3) is 7.25. The second-order valence-electron chi connectivity index (χ2n) is 2.70. The molecule has 0 spiro atoms. The predicted molar refractivity (Wildman–Crippen MR) is 56.1 cm³/mol. The minimum absolute atomic E-state index is 0.141. The van der Waals surface area contributed by atoms with Crippen LogP contribution in [0, 0.1) is 0 Å². The second-order valence-corrected chi connectivity index (χ2v) is 2.70. The van der Waals surface area contributed by atoms with Gasteiger partial charge in [-0.05, 0) is 18.6 Å². The highest BCUT2D eigenvalue weighted by molar-refractivity contribution is 5.81. The van der Waals surface area contributed by atoms with E-state index in [9.17, 15) is 9.59 Å². The van der Waals surface area contributed by atoms with E-state index >= 15 is 0 Å². The zero-order valence-electron chi connectivity index (χ0n) is 8.69. The third-order valence-corrected chi connectivity index (χ3v) is 1.43. The van der Waals surface area contributed by atoms with Gasteiger partial charge in [0, 0.05) is 12.2 Å². The quantitative estimate of drug-likeness (QED) is 0.377. The van der Waals surface area contributed by atoms with E-state index in [4.69, 9.17) is 9.47 Å². The van der Waals surface area contributed by atoms with Crippen LogP contribution in [0.3, 0.4) is 0 Å². The molecule has 0 rings (SSSR count). The minimum atomic E-state index is -0.484. The number of hydrogen-bond donors (Lipinski definition) is 0. The zero-order valence-corrected chi connectivity index (χ0v) is 8.69. The van der Waals surface area contributed by atoms with Gasteiger partial charge in [0.15, 0.2) is 0 Å².